The number of carboxylic acids is 1. The number of hydrogen-bond acceptors (Lipinski definition) is 4. The molecule has 3 atom stereocenters. The lowest BCUT2D eigenvalue weighted by atomic mass is 9.88. The van der Waals surface area contributed by atoms with Gasteiger partial charge in [-0.05, 0) is 43.9 Å². The highest BCUT2D eigenvalue weighted by atomic mass is 16.5. The van der Waals surface area contributed by atoms with Crippen LogP contribution in [0.2, 0.25) is 0 Å². The van der Waals surface area contributed by atoms with Gasteiger partial charge >= 0.3 is 5.97 Å². The summed E-state index contributed by atoms with van der Waals surface area (Å²) in [5, 5.41) is 27.3. The SMILES string of the molecule is C=C[C@@H](CC=C[C@H]1CCC(=O)[C@@H]1CCCCCC(O)(O)C(=O)O)CCCCC. The van der Waals surface area contributed by atoms with Gasteiger partial charge in [0.05, 0.1) is 0 Å². The van der Waals surface area contributed by atoms with Gasteiger partial charge in [0, 0.05) is 18.8 Å². The van der Waals surface area contributed by atoms with Crippen molar-refractivity contribution in [2.75, 3.05) is 0 Å². The molecule has 1 fully saturated rings. The van der Waals surface area contributed by atoms with Crippen LogP contribution in [0.4, 0.5) is 0 Å². The number of carbonyl (C=O) groups excluding carboxylic acids is 1. The number of carboxylic acid groups (broad SMARTS) is 1. The molecule has 1 rings (SSSR count). The van der Waals surface area contributed by atoms with Gasteiger partial charge in [0.2, 0.25) is 0 Å². The van der Waals surface area contributed by atoms with Crippen LogP contribution >= 0.6 is 0 Å². The Kier molecular flexibility index (Phi) is 11.3. The van der Waals surface area contributed by atoms with Crippen molar-refractivity contribution in [2.45, 2.75) is 89.8 Å². The van der Waals surface area contributed by atoms with Crippen molar-refractivity contribution in [1.82, 2.24) is 0 Å². The summed E-state index contributed by atoms with van der Waals surface area (Å²) in [5.41, 5.74) is 0. The van der Waals surface area contributed by atoms with E-state index < -0.39 is 11.8 Å². The largest absolute Gasteiger partial charge is 0.477 e. The van der Waals surface area contributed by atoms with Gasteiger partial charge in [-0.1, -0.05) is 57.3 Å². The van der Waals surface area contributed by atoms with Crippen molar-refractivity contribution in [3.63, 3.8) is 0 Å². The van der Waals surface area contributed by atoms with E-state index in [0.717, 1.165) is 25.7 Å². The van der Waals surface area contributed by atoms with Gasteiger partial charge in [0.1, 0.15) is 5.78 Å². The first kappa shape index (κ1) is 24.6. The average molecular weight is 395 g/mol. The molecule has 0 bridgehead atoms. The Labute approximate surface area is 169 Å². The van der Waals surface area contributed by atoms with Gasteiger partial charge in [-0.15, -0.1) is 6.58 Å². The van der Waals surface area contributed by atoms with Crippen LogP contribution in [-0.2, 0) is 9.59 Å². The third kappa shape index (κ3) is 8.70. The van der Waals surface area contributed by atoms with E-state index in [2.05, 4.69) is 25.7 Å². The number of carbonyl (C=O) groups is 2. The Morgan fingerprint density at radius 2 is 2.00 bits per heavy atom. The molecule has 0 saturated heterocycles. The quantitative estimate of drug-likeness (QED) is 0.214. The van der Waals surface area contributed by atoms with Crippen molar-refractivity contribution in [3.8, 4) is 0 Å². The number of allylic oxidation sites excluding steroid dienone is 3. The molecule has 0 aromatic carbocycles. The number of Topliss-reactive ketones (excluding diaryl/α,β-unsaturated/α-hetero) is 1. The Bertz CT molecular complexity index is 523. The standard InChI is InChI=1S/C23H38O5/c1-3-5-7-11-18(4-2)12-10-13-19-15-16-21(24)20(19)14-8-6-9-17-23(27,28)22(25)26/h4,10,13,18-20,27-28H,2-3,5-9,11-12,14-17H2,1H3,(H,25,26)/t18-,19+,20-/m1/s1. The molecule has 0 amide bonds. The number of aliphatic hydroxyl groups is 2. The van der Waals surface area contributed by atoms with Gasteiger partial charge < -0.3 is 15.3 Å². The lowest BCUT2D eigenvalue weighted by Gasteiger charge is -2.17. The van der Waals surface area contributed by atoms with E-state index in [-0.39, 0.29) is 12.3 Å². The molecule has 1 saturated carbocycles. The second kappa shape index (κ2) is 12.9. The highest BCUT2D eigenvalue weighted by Crippen LogP contribution is 2.34. The summed E-state index contributed by atoms with van der Waals surface area (Å²) in [4.78, 5) is 22.9. The van der Waals surface area contributed by atoms with Gasteiger partial charge in [0.15, 0.2) is 0 Å². The van der Waals surface area contributed by atoms with Crippen LogP contribution in [-0.4, -0.2) is 32.9 Å². The lowest BCUT2D eigenvalue weighted by molar-refractivity contribution is -0.205. The molecule has 5 heteroatoms. The third-order valence-corrected chi connectivity index (χ3v) is 5.87. The highest BCUT2D eigenvalue weighted by molar-refractivity contribution is 5.83. The predicted molar refractivity (Wildman–Crippen MR) is 111 cm³/mol. The first-order valence-electron chi connectivity index (χ1n) is 10.8. The molecule has 160 valence electrons. The highest BCUT2D eigenvalue weighted by Gasteiger charge is 2.33. The van der Waals surface area contributed by atoms with Gasteiger partial charge in [-0.3, -0.25) is 4.79 Å². The summed E-state index contributed by atoms with van der Waals surface area (Å²) in [6.07, 6.45) is 16.4. The van der Waals surface area contributed by atoms with Crippen molar-refractivity contribution >= 4 is 11.8 Å². The molecular weight excluding hydrogens is 356 g/mol. The molecule has 5 nitrogen and oxygen atoms in total. The van der Waals surface area contributed by atoms with Crippen LogP contribution in [0, 0.1) is 17.8 Å². The topological polar surface area (TPSA) is 94.8 Å². The summed E-state index contributed by atoms with van der Waals surface area (Å²) in [6, 6.07) is 0. The maximum Gasteiger partial charge on any atom is 0.364 e. The van der Waals surface area contributed by atoms with Gasteiger partial charge in [-0.2, -0.15) is 0 Å². The lowest BCUT2D eigenvalue weighted by Crippen LogP contribution is -2.37. The molecule has 0 spiro atoms. The smallest absolute Gasteiger partial charge is 0.364 e. The zero-order valence-corrected chi connectivity index (χ0v) is 17.3. The van der Waals surface area contributed by atoms with E-state index in [1.807, 2.05) is 6.08 Å². The summed E-state index contributed by atoms with van der Waals surface area (Å²) in [7, 11) is 0. The van der Waals surface area contributed by atoms with E-state index in [0.29, 0.717) is 36.9 Å². The average Bonchev–Trinajstić information content (AvgIpc) is 3.00. The van der Waals surface area contributed by atoms with Crippen LogP contribution in [0.25, 0.3) is 0 Å². The zero-order chi connectivity index (χ0) is 21.0. The van der Waals surface area contributed by atoms with E-state index in [4.69, 9.17) is 5.11 Å². The minimum absolute atomic E-state index is 0.0472. The fourth-order valence-corrected chi connectivity index (χ4v) is 3.98. The molecule has 1 aliphatic rings. The Morgan fingerprint density at radius 3 is 2.64 bits per heavy atom. The molecule has 3 N–H and O–H groups in total. The summed E-state index contributed by atoms with van der Waals surface area (Å²) < 4.78 is 0. The molecule has 0 aliphatic heterocycles. The van der Waals surface area contributed by atoms with Crippen molar-refractivity contribution < 1.29 is 24.9 Å². The first-order valence-corrected chi connectivity index (χ1v) is 10.8. The Balaban J connectivity index is 2.37. The first-order chi connectivity index (χ1) is 13.3. The van der Waals surface area contributed by atoms with Crippen LogP contribution in [0.5, 0.6) is 0 Å². The molecule has 0 aromatic rings. The summed E-state index contributed by atoms with van der Waals surface area (Å²) in [5.74, 6) is -3.09. The second-order valence-electron chi connectivity index (χ2n) is 8.15. The number of rotatable bonds is 15. The fraction of sp³-hybridized carbons (Fsp3) is 0.739. The van der Waals surface area contributed by atoms with Gasteiger partial charge in [-0.25, -0.2) is 4.79 Å². The number of hydrogen-bond donors (Lipinski definition) is 3. The summed E-state index contributed by atoms with van der Waals surface area (Å²) >= 11 is 0. The van der Waals surface area contributed by atoms with Crippen LogP contribution in [0.15, 0.2) is 24.8 Å². The Hall–Kier alpha value is -1.46. The molecule has 0 aromatic heterocycles. The second-order valence-corrected chi connectivity index (χ2v) is 8.15. The van der Waals surface area contributed by atoms with Crippen molar-refractivity contribution in [2.24, 2.45) is 17.8 Å². The number of aliphatic carboxylic acids is 1. The fourth-order valence-electron chi connectivity index (χ4n) is 3.98. The minimum atomic E-state index is -2.65. The molecule has 0 heterocycles. The van der Waals surface area contributed by atoms with E-state index in [9.17, 15) is 19.8 Å². The molecule has 0 unspecified atom stereocenters. The molecule has 0 radical (unpaired) electrons. The molecular formula is C23H38O5. The molecule has 28 heavy (non-hydrogen) atoms. The number of unbranched alkanes of at least 4 members (excludes halogenated alkanes) is 4. The van der Waals surface area contributed by atoms with Crippen LogP contribution in [0.3, 0.4) is 0 Å². The van der Waals surface area contributed by atoms with Gasteiger partial charge in [0.25, 0.3) is 5.79 Å². The monoisotopic (exact) mass is 394 g/mol. The molecule has 1 aliphatic carbocycles. The maximum atomic E-state index is 12.2. The van der Waals surface area contributed by atoms with Crippen molar-refractivity contribution in [1.29, 1.82) is 0 Å². The predicted octanol–water partition coefficient (Wildman–Crippen LogP) is 4.63. The normalized spacial score (nSPS) is 21.3. The van der Waals surface area contributed by atoms with Crippen LogP contribution < -0.4 is 0 Å². The van der Waals surface area contributed by atoms with E-state index >= 15 is 0 Å². The maximum absolute atomic E-state index is 12.2. The summed E-state index contributed by atoms with van der Waals surface area (Å²) in [6.45, 7) is 6.15. The number of ketones is 1. The third-order valence-electron chi connectivity index (χ3n) is 5.87. The zero-order valence-electron chi connectivity index (χ0n) is 17.3. The van der Waals surface area contributed by atoms with Crippen LogP contribution in [0.1, 0.15) is 84.0 Å². The van der Waals surface area contributed by atoms with E-state index in [1.54, 1.807) is 0 Å². The van der Waals surface area contributed by atoms with E-state index in [1.165, 1.54) is 25.7 Å². The Morgan fingerprint density at radius 1 is 1.25 bits per heavy atom. The van der Waals surface area contributed by atoms with Crippen molar-refractivity contribution in [3.05, 3.63) is 24.8 Å². The minimum Gasteiger partial charge on any atom is -0.477 e.